The van der Waals surface area contributed by atoms with E-state index in [0.717, 1.165) is 64.1 Å². The molecule has 1 aromatic heterocycles. The third kappa shape index (κ3) is 5.84. The molecule has 0 unspecified atom stereocenters. The molecule has 3 heterocycles. The van der Waals surface area contributed by atoms with Gasteiger partial charge in [0.25, 0.3) is 5.91 Å². The van der Waals surface area contributed by atoms with Crippen molar-refractivity contribution in [2.45, 2.75) is 51.2 Å². The Morgan fingerprint density at radius 2 is 1.92 bits per heavy atom. The third-order valence-electron chi connectivity index (χ3n) is 7.25. The summed E-state index contributed by atoms with van der Waals surface area (Å²) >= 11 is 12.5. The molecule has 2 aliphatic rings. The molecule has 2 aliphatic heterocycles. The molecule has 11 heteroatoms. The van der Waals surface area contributed by atoms with E-state index < -0.39 is 5.91 Å². The summed E-state index contributed by atoms with van der Waals surface area (Å²) in [5.41, 5.74) is 13.3. The quantitative estimate of drug-likeness (QED) is 0.558. The highest BCUT2D eigenvalue weighted by molar-refractivity contribution is 6.32. The van der Waals surface area contributed by atoms with Gasteiger partial charge in [-0.1, -0.05) is 36.2 Å². The highest BCUT2D eigenvalue weighted by Gasteiger charge is 2.34. The second kappa shape index (κ2) is 11.6. The zero-order valence-corrected chi connectivity index (χ0v) is 22.0. The minimum Gasteiger partial charge on any atom is -0.382 e. The molecule has 36 heavy (non-hydrogen) atoms. The van der Waals surface area contributed by atoms with Gasteiger partial charge in [-0.05, 0) is 55.6 Å². The van der Waals surface area contributed by atoms with Crippen LogP contribution < -0.4 is 16.4 Å². The number of aromatic nitrogens is 2. The first kappa shape index (κ1) is 26.4. The van der Waals surface area contributed by atoms with Gasteiger partial charge in [0.1, 0.15) is 0 Å². The molecule has 192 valence electrons. The van der Waals surface area contributed by atoms with E-state index in [1.54, 1.807) is 0 Å². The lowest BCUT2D eigenvalue weighted by Gasteiger charge is -2.47. The summed E-state index contributed by atoms with van der Waals surface area (Å²) in [7, 11) is 0. The number of likely N-dealkylation sites (tertiary alicyclic amines) is 1. The van der Waals surface area contributed by atoms with Crippen LogP contribution in [0.1, 0.15) is 47.8 Å². The highest BCUT2D eigenvalue weighted by Crippen LogP contribution is 2.30. The first-order valence-electron chi connectivity index (χ1n) is 12.3. The fourth-order valence-corrected chi connectivity index (χ4v) is 5.80. The van der Waals surface area contributed by atoms with Crippen LogP contribution in [-0.4, -0.2) is 70.5 Å². The Kier molecular flexibility index (Phi) is 8.52. The van der Waals surface area contributed by atoms with Gasteiger partial charge in [0.05, 0.1) is 12.5 Å². The molecule has 2 saturated heterocycles. The molecule has 1 amide bonds. The van der Waals surface area contributed by atoms with Crippen LogP contribution >= 0.6 is 23.2 Å². The molecule has 0 spiro atoms. The second-order valence-corrected chi connectivity index (χ2v) is 10.2. The van der Waals surface area contributed by atoms with Crippen LogP contribution in [0.15, 0.2) is 18.2 Å². The van der Waals surface area contributed by atoms with Crippen molar-refractivity contribution in [3.05, 3.63) is 45.2 Å². The molecule has 2 fully saturated rings. The number of benzene rings is 1. The molecule has 4 N–H and O–H groups in total. The van der Waals surface area contributed by atoms with E-state index >= 15 is 0 Å². The smallest absolute Gasteiger partial charge is 0.271 e. The molecule has 0 saturated carbocycles. The highest BCUT2D eigenvalue weighted by atomic mass is 35.5. The monoisotopic (exact) mass is 530 g/mol. The van der Waals surface area contributed by atoms with E-state index in [9.17, 15) is 4.79 Å². The first-order chi connectivity index (χ1) is 17.3. The van der Waals surface area contributed by atoms with Gasteiger partial charge >= 0.3 is 0 Å². The number of carbonyl (C=O) groups is 1. The number of halogens is 2. The van der Waals surface area contributed by atoms with E-state index in [4.69, 9.17) is 39.9 Å². The second-order valence-electron chi connectivity index (χ2n) is 9.44. The fraction of sp³-hybridized carbons (Fsp3) is 0.520. The molecule has 1 aromatic carbocycles. The normalized spacial score (nSPS) is 19.8. The van der Waals surface area contributed by atoms with Crippen LogP contribution in [-0.2, 0) is 13.0 Å². The predicted octanol–water partition coefficient (Wildman–Crippen LogP) is 3.10. The molecule has 0 bridgehead atoms. The fourth-order valence-electron chi connectivity index (χ4n) is 5.36. The number of nitrogen functional groups attached to an aromatic ring is 1. The molecule has 0 radical (unpaired) electrons. The summed E-state index contributed by atoms with van der Waals surface area (Å²) in [6, 6.07) is 8.97. The van der Waals surface area contributed by atoms with Crippen molar-refractivity contribution in [2.24, 2.45) is 5.73 Å². The van der Waals surface area contributed by atoms with E-state index in [0.29, 0.717) is 29.3 Å². The number of piperazine rings is 1. The number of nitriles is 1. The number of nitrogens with two attached hydrogens (primary N) is 2. The molecule has 2 aromatic rings. The van der Waals surface area contributed by atoms with Crippen LogP contribution in [0.4, 0.5) is 11.6 Å². The Labute approximate surface area is 222 Å². The summed E-state index contributed by atoms with van der Waals surface area (Å²) in [4.78, 5) is 27.1. The predicted molar refractivity (Wildman–Crippen MR) is 142 cm³/mol. The minimum absolute atomic E-state index is 0.00312. The summed E-state index contributed by atoms with van der Waals surface area (Å²) < 4.78 is 0. The van der Waals surface area contributed by atoms with Crippen LogP contribution in [0.2, 0.25) is 10.2 Å². The topological polar surface area (TPSA) is 128 Å². The Hall–Kier alpha value is -2.64. The number of hydrogen-bond donors (Lipinski definition) is 2. The van der Waals surface area contributed by atoms with Crippen LogP contribution in [0, 0.1) is 11.3 Å². The summed E-state index contributed by atoms with van der Waals surface area (Å²) in [5, 5.41) is 9.99. The van der Waals surface area contributed by atoms with Crippen LogP contribution in [0.5, 0.6) is 0 Å². The van der Waals surface area contributed by atoms with Crippen molar-refractivity contribution in [3.63, 3.8) is 0 Å². The Morgan fingerprint density at radius 3 is 2.58 bits per heavy atom. The van der Waals surface area contributed by atoms with Crippen LogP contribution in [0.3, 0.4) is 0 Å². The van der Waals surface area contributed by atoms with Crippen molar-refractivity contribution in [1.29, 1.82) is 5.26 Å². The molecule has 0 aliphatic carbocycles. The molecule has 4 rings (SSSR count). The van der Waals surface area contributed by atoms with Gasteiger partial charge in [0, 0.05) is 43.3 Å². The van der Waals surface area contributed by atoms with E-state index in [-0.39, 0.29) is 16.7 Å². The molecule has 9 nitrogen and oxygen atoms in total. The molecule has 1 atom stereocenters. The Morgan fingerprint density at radius 1 is 1.17 bits per heavy atom. The average Bonchev–Trinajstić information content (AvgIpc) is 2.87. The summed E-state index contributed by atoms with van der Waals surface area (Å²) in [6.45, 7) is 7.47. The van der Waals surface area contributed by atoms with Gasteiger partial charge in [0.2, 0.25) is 0 Å². The van der Waals surface area contributed by atoms with Gasteiger partial charge in [-0.25, -0.2) is 9.97 Å². The number of hydrogen-bond acceptors (Lipinski definition) is 8. The van der Waals surface area contributed by atoms with Crippen molar-refractivity contribution < 1.29 is 4.79 Å². The summed E-state index contributed by atoms with van der Waals surface area (Å²) in [6.07, 6.45) is 3.57. The average molecular weight is 531 g/mol. The van der Waals surface area contributed by atoms with E-state index in [1.807, 2.05) is 18.2 Å². The maximum Gasteiger partial charge on any atom is 0.271 e. The van der Waals surface area contributed by atoms with E-state index in [1.165, 1.54) is 5.56 Å². The van der Waals surface area contributed by atoms with Gasteiger partial charge in [-0.2, -0.15) is 5.26 Å². The zero-order chi connectivity index (χ0) is 25.8. The van der Waals surface area contributed by atoms with Crippen molar-refractivity contribution in [1.82, 2.24) is 19.8 Å². The maximum absolute atomic E-state index is 11.5. The number of nitrogens with zero attached hydrogens (tertiary/aromatic N) is 6. The summed E-state index contributed by atoms with van der Waals surface area (Å²) in [5.74, 6) is -0.236. The van der Waals surface area contributed by atoms with Crippen molar-refractivity contribution >= 4 is 40.7 Å². The lowest BCUT2D eigenvalue weighted by Crippen LogP contribution is -2.58. The number of anilines is 2. The number of carbonyl (C=O) groups excluding carboxylic acids is 1. The first-order valence-corrected chi connectivity index (χ1v) is 13.1. The SMILES string of the molecule is CC[C@H]1CN(c2nc(N)c(C(N)=O)nc2Cl)CCN1C1CCN(Cc2ccc(Cl)cc2CC#N)CC1. The Bertz CT molecular complexity index is 1150. The minimum atomic E-state index is -0.742. The number of amides is 1. The zero-order valence-electron chi connectivity index (χ0n) is 20.5. The lowest BCUT2D eigenvalue weighted by molar-refractivity contribution is 0.0610. The number of primary amides is 1. The maximum atomic E-state index is 11.5. The third-order valence-corrected chi connectivity index (χ3v) is 7.74. The van der Waals surface area contributed by atoms with Gasteiger partial charge in [0.15, 0.2) is 22.5 Å². The Balaban J connectivity index is 1.37. The van der Waals surface area contributed by atoms with Gasteiger partial charge in [-0.15, -0.1) is 0 Å². The van der Waals surface area contributed by atoms with E-state index in [2.05, 4.69) is 37.7 Å². The lowest BCUT2D eigenvalue weighted by atomic mass is 9.97. The van der Waals surface area contributed by atoms with Crippen LogP contribution in [0.25, 0.3) is 0 Å². The van der Waals surface area contributed by atoms with Gasteiger partial charge < -0.3 is 16.4 Å². The largest absolute Gasteiger partial charge is 0.382 e. The van der Waals surface area contributed by atoms with Crippen molar-refractivity contribution in [2.75, 3.05) is 43.4 Å². The molecular weight excluding hydrogens is 499 g/mol. The molecular formula is C25H32Cl2N8O. The number of piperidine rings is 1. The number of rotatable bonds is 7. The standard InChI is InChI=1S/C25H32Cl2N8O/c1-2-19-15-34(25-22(27)31-21(24(30)36)23(29)32-25)11-12-35(19)20-6-9-33(10-7-20)14-17-3-4-18(26)13-16(17)5-8-28/h3-4,13,19-20H,2,5-7,9-12,14-15H2,1H3,(H2,29,32)(H2,30,36)/t19-/m0/s1. The van der Waals surface area contributed by atoms with Gasteiger partial charge in [-0.3, -0.25) is 14.6 Å². The van der Waals surface area contributed by atoms with Crippen molar-refractivity contribution in [3.8, 4) is 6.07 Å².